The zero-order valence-corrected chi connectivity index (χ0v) is 50.4. The summed E-state index contributed by atoms with van der Waals surface area (Å²) in [6, 6.07) is 0. The third-order valence-electron chi connectivity index (χ3n) is 15.7. The van der Waals surface area contributed by atoms with Gasteiger partial charge in [0, 0.05) is 12.8 Å². The highest BCUT2D eigenvalue weighted by atomic mass is 16.6. The van der Waals surface area contributed by atoms with Gasteiger partial charge in [-0.3, -0.25) is 9.59 Å². The SMILES string of the molecule is CCCCCCCC/C=C\CCCCCCCCCCCC(=O)OCC(CO)OC(=O)CCCCCCCCCCCCCCCCCCCCCCCCCCCCCCC/C=C\CCCCCCCCCC. The molecule has 0 aromatic carbocycles. The Morgan fingerprint density at radius 1 is 0.297 bits per heavy atom. The van der Waals surface area contributed by atoms with E-state index in [0.29, 0.717) is 12.8 Å². The Kier molecular flexibility index (Phi) is 64.2. The molecule has 0 saturated carbocycles. The van der Waals surface area contributed by atoms with Crippen LogP contribution in [0.15, 0.2) is 24.3 Å². The molecule has 0 bridgehead atoms. The van der Waals surface area contributed by atoms with Crippen molar-refractivity contribution in [2.75, 3.05) is 13.2 Å². The molecule has 0 aromatic rings. The minimum absolute atomic E-state index is 0.0605. The Hall–Kier alpha value is -1.62. The van der Waals surface area contributed by atoms with E-state index in [2.05, 4.69) is 38.2 Å². The number of rotatable bonds is 64. The van der Waals surface area contributed by atoms with Gasteiger partial charge < -0.3 is 14.6 Å². The van der Waals surface area contributed by atoms with Gasteiger partial charge in [-0.15, -0.1) is 0 Å². The van der Waals surface area contributed by atoms with E-state index in [1.54, 1.807) is 0 Å². The zero-order valence-electron chi connectivity index (χ0n) is 50.4. The van der Waals surface area contributed by atoms with E-state index in [1.165, 1.54) is 321 Å². The van der Waals surface area contributed by atoms with Crippen LogP contribution in [0.4, 0.5) is 0 Å². The molecule has 74 heavy (non-hydrogen) atoms. The van der Waals surface area contributed by atoms with Crippen molar-refractivity contribution in [1.29, 1.82) is 0 Å². The van der Waals surface area contributed by atoms with Crippen molar-refractivity contribution in [3.8, 4) is 0 Å². The maximum absolute atomic E-state index is 12.3. The van der Waals surface area contributed by atoms with Gasteiger partial charge in [0.2, 0.25) is 0 Å². The van der Waals surface area contributed by atoms with E-state index in [0.717, 1.165) is 38.5 Å². The fourth-order valence-electron chi connectivity index (χ4n) is 10.6. The minimum atomic E-state index is -0.769. The summed E-state index contributed by atoms with van der Waals surface area (Å²) in [5, 5.41) is 9.67. The Morgan fingerprint density at radius 3 is 0.730 bits per heavy atom. The molecule has 438 valence electrons. The monoisotopic (exact) mass is 1040 g/mol. The van der Waals surface area contributed by atoms with Crippen LogP contribution in [0.5, 0.6) is 0 Å². The summed E-state index contributed by atoms with van der Waals surface area (Å²) >= 11 is 0. The van der Waals surface area contributed by atoms with E-state index >= 15 is 0 Å². The first-order chi connectivity index (χ1) is 36.6. The van der Waals surface area contributed by atoms with Gasteiger partial charge in [0.05, 0.1) is 6.61 Å². The first-order valence-electron chi connectivity index (χ1n) is 33.9. The Labute approximate surface area is 464 Å². The number of esters is 2. The summed E-state index contributed by atoms with van der Waals surface area (Å²) in [7, 11) is 0. The van der Waals surface area contributed by atoms with Crippen LogP contribution in [-0.2, 0) is 19.1 Å². The molecule has 1 atom stereocenters. The smallest absolute Gasteiger partial charge is 0.306 e. The molecule has 0 spiro atoms. The molecule has 0 radical (unpaired) electrons. The number of ether oxygens (including phenoxy) is 2. The highest BCUT2D eigenvalue weighted by Gasteiger charge is 2.16. The van der Waals surface area contributed by atoms with Gasteiger partial charge >= 0.3 is 11.9 Å². The Morgan fingerprint density at radius 2 is 0.500 bits per heavy atom. The summed E-state index contributed by atoms with van der Waals surface area (Å²) in [5.74, 6) is -0.571. The third kappa shape index (κ3) is 62.9. The molecule has 1 N–H and O–H groups in total. The van der Waals surface area contributed by atoms with Crippen LogP contribution in [-0.4, -0.2) is 36.4 Å². The van der Waals surface area contributed by atoms with Gasteiger partial charge in [0.1, 0.15) is 6.61 Å². The molecule has 0 aromatic heterocycles. The second-order valence-electron chi connectivity index (χ2n) is 23.3. The molecular weight excluding hydrogens is 909 g/mol. The van der Waals surface area contributed by atoms with Crippen LogP contribution >= 0.6 is 0 Å². The quantitative estimate of drug-likeness (QED) is 0.0373. The lowest BCUT2D eigenvalue weighted by Crippen LogP contribution is -2.28. The molecule has 0 amide bonds. The molecular formula is C69H132O5. The van der Waals surface area contributed by atoms with Crippen LogP contribution in [0.2, 0.25) is 0 Å². The second kappa shape index (κ2) is 65.7. The number of hydrogen-bond acceptors (Lipinski definition) is 5. The number of aliphatic hydroxyl groups excluding tert-OH is 1. The van der Waals surface area contributed by atoms with Gasteiger partial charge in [0.15, 0.2) is 6.10 Å². The van der Waals surface area contributed by atoms with E-state index < -0.39 is 6.10 Å². The van der Waals surface area contributed by atoms with Gasteiger partial charge in [-0.05, 0) is 64.2 Å². The molecule has 0 rings (SSSR count). The molecule has 0 aliphatic rings. The average Bonchev–Trinajstić information content (AvgIpc) is 3.40. The highest BCUT2D eigenvalue weighted by molar-refractivity contribution is 5.70. The van der Waals surface area contributed by atoms with Crippen molar-refractivity contribution in [1.82, 2.24) is 0 Å². The fraction of sp³-hybridized carbons (Fsp3) is 0.913. The number of carbonyl (C=O) groups is 2. The predicted octanol–water partition coefficient (Wildman–Crippen LogP) is 23.2. The van der Waals surface area contributed by atoms with Crippen molar-refractivity contribution < 1.29 is 24.2 Å². The normalized spacial score (nSPS) is 12.2. The maximum atomic E-state index is 12.3. The molecule has 5 nitrogen and oxygen atoms in total. The van der Waals surface area contributed by atoms with Gasteiger partial charge in [0.25, 0.3) is 0 Å². The lowest BCUT2D eigenvalue weighted by Gasteiger charge is -2.15. The standard InChI is InChI=1S/C69H132O5/c1-3-5-7-9-11-13-15-17-19-21-23-24-25-26-27-28-29-30-31-32-33-34-35-36-37-38-39-40-41-42-43-44-46-48-50-52-54-56-58-60-62-64-69(72)74-67(65-70)66-73-68(71)63-61-59-57-55-53-51-49-47-45-22-20-18-16-14-12-10-8-6-4-2/h18,20-21,23,67,70H,3-17,19,22,24-66H2,1-2H3/b20-18-,23-21-. The van der Waals surface area contributed by atoms with Crippen LogP contribution < -0.4 is 0 Å². The second-order valence-corrected chi connectivity index (χ2v) is 23.3. The number of carbonyl (C=O) groups excluding carboxylic acids is 2. The van der Waals surface area contributed by atoms with Gasteiger partial charge in [-0.25, -0.2) is 0 Å². The van der Waals surface area contributed by atoms with Crippen molar-refractivity contribution in [2.24, 2.45) is 0 Å². The predicted molar refractivity (Wildman–Crippen MR) is 325 cm³/mol. The van der Waals surface area contributed by atoms with E-state index in [-0.39, 0.29) is 25.2 Å². The fourth-order valence-corrected chi connectivity index (χ4v) is 10.6. The van der Waals surface area contributed by atoms with Crippen molar-refractivity contribution >= 4 is 11.9 Å². The zero-order chi connectivity index (χ0) is 53.4. The van der Waals surface area contributed by atoms with Crippen molar-refractivity contribution in [2.45, 2.75) is 392 Å². The Bertz CT molecular complexity index is 1130. The van der Waals surface area contributed by atoms with Crippen molar-refractivity contribution in [3.63, 3.8) is 0 Å². The van der Waals surface area contributed by atoms with Crippen LogP contribution in [0.25, 0.3) is 0 Å². The van der Waals surface area contributed by atoms with E-state index in [1.807, 2.05) is 0 Å². The third-order valence-corrected chi connectivity index (χ3v) is 15.7. The minimum Gasteiger partial charge on any atom is -0.462 e. The summed E-state index contributed by atoms with van der Waals surface area (Å²) in [6.07, 6.45) is 85.1. The molecule has 5 heteroatoms. The van der Waals surface area contributed by atoms with Crippen LogP contribution in [0.1, 0.15) is 386 Å². The van der Waals surface area contributed by atoms with E-state index in [4.69, 9.17) is 9.47 Å². The molecule has 0 aliphatic heterocycles. The van der Waals surface area contributed by atoms with Gasteiger partial charge in [-0.2, -0.15) is 0 Å². The molecule has 0 aliphatic carbocycles. The molecule has 1 unspecified atom stereocenters. The number of unbranched alkanes of at least 4 members (excludes halogenated alkanes) is 52. The molecule has 0 fully saturated rings. The number of aliphatic hydroxyl groups is 1. The maximum Gasteiger partial charge on any atom is 0.306 e. The summed E-state index contributed by atoms with van der Waals surface area (Å²) in [5.41, 5.74) is 0. The number of allylic oxidation sites excluding steroid dienone is 4. The van der Waals surface area contributed by atoms with Gasteiger partial charge in [-0.1, -0.05) is 334 Å². The number of hydrogen-bond donors (Lipinski definition) is 1. The highest BCUT2D eigenvalue weighted by Crippen LogP contribution is 2.19. The van der Waals surface area contributed by atoms with E-state index in [9.17, 15) is 14.7 Å². The topological polar surface area (TPSA) is 72.8 Å². The first kappa shape index (κ1) is 72.4. The van der Waals surface area contributed by atoms with Crippen LogP contribution in [0, 0.1) is 0 Å². The lowest BCUT2D eigenvalue weighted by molar-refractivity contribution is -0.161. The average molecular weight is 1040 g/mol. The Balaban J connectivity index is 3.34. The van der Waals surface area contributed by atoms with Crippen LogP contribution in [0.3, 0.4) is 0 Å². The molecule has 0 heterocycles. The first-order valence-corrected chi connectivity index (χ1v) is 33.9. The van der Waals surface area contributed by atoms with Crippen molar-refractivity contribution in [3.05, 3.63) is 24.3 Å². The summed E-state index contributed by atoms with van der Waals surface area (Å²) in [6.45, 7) is 4.19. The summed E-state index contributed by atoms with van der Waals surface area (Å²) in [4.78, 5) is 24.6. The summed E-state index contributed by atoms with van der Waals surface area (Å²) < 4.78 is 10.7. The largest absolute Gasteiger partial charge is 0.462 e. The lowest BCUT2D eigenvalue weighted by atomic mass is 10.0. The molecule has 0 saturated heterocycles.